The van der Waals surface area contributed by atoms with Crippen LogP contribution in [0.1, 0.15) is 42.4 Å². The molecule has 3 aromatic rings. The highest BCUT2D eigenvalue weighted by atomic mass is 32.2. The van der Waals surface area contributed by atoms with Gasteiger partial charge in [-0.3, -0.25) is 14.2 Å². The van der Waals surface area contributed by atoms with E-state index < -0.39 is 0 Å². The second-order valence-electron chi connectivity index (χ2n) is 9.52. The molecule has 1 heterocycles. The molecule has 2 aromatic carbocycles. The first-order valence-corrected chi connectivity index (χ1v) is 13.4. The maximum absolute atomic E-state index is 13.9. The molecule has 180 valence electrons. The summed E-state index contributed by atoms with van der Waals surface area (Å²) in [6, 6.07) is 18.4. The summed E-state index contributed by atoms with van der Waals surface area (Å²) in [5.74, 6) is 0.153. The molecule has 5 rings (SSSR count). The molecule has 2 aliphatic carbocycles. The summed E-state index contributed by atoms with van der Waals surface area (Å²) in [6.45, 7) is 4.83. The van der Waals surface area contributed by atoms with Crippen molar-refractivity contribution in [3.63, 3.8) is 0 Å². The molecular weight excluding hydrogens is 454 g/mol. The lowest BCUT2D eigenvalue weighted by Crippen LogP contribution is -2.40. The molecule has 0 atom stereocenters. The summed E-state index contributed by atoms with van der Waals surface area (Å²) in [6.07, 6.45) is 7.75. The zero-order valence-corrected chi connectivity index (χ0v) is 20.8. The van der Waals surface area contributed by atoms with Crippen molar-refractivity contribution >= 4 is 17.7 Å². The average molecular weight is 486 g/mol. The Kier molecular flexibility index (Phi) is 6.91. The molecule has 0 saturated heterocycles. The average Bonchev–Trinajstić information content (AvgIpc) is 3.33. The van der Waals surface area contributed by atoms with E-state index in [4.69, 9.17) is 4.98 Å². The maximum atomic E-state index is 13.9. The Hall–Kier alpha value is -3.12. The molecule has 1 N–H and O–H groups in total. The Morgan fingerprint density at radius 1 is 1.11 bits per heavy atom. The lowest BCUT2D eigenvalue weighted by Gasteiger charge is -2.36. The van der Waals surface area contributed by atoms with E-state index in [0.717, 1.165) is 55.3 Å². The van der Waals surface area contributed by atoms with Crippen molar-refractivity contribution in [3.05, 3.63) is 94.3 Å². The van der Waals surface area contributed by atoms with Crippen LogP contribution in [0.25, 0.3) is 11.3 Å². The summed E-state index contributed by atoms with van der Waals surface area (Å²) < 4.78 is 1.71. The SMILES string of the molecule is C=CCn1c(SCC(=O)NCCc2ccccc2)nc2c(c1=O)C1(CCCC1)Cc1ccccc1-2. The van der Waals surface area contributed by atoms with Gasteiger partial charge in [-0.1, -0.05) is 85.3 Å². The normalized spacial score (nSPS) is 15.4. The zero-order chi connectivity index (χ0) is 24.3. The highest BCUT2D eigenvalue weighted by Gasteiger charge is 2.44. The Labute approximate surface area is 210 Å². The third kappa shape index (κ3) is 4.72. The smallest absolute Gasteiger partial charge is 0.258 e. The van der Waals surface area contributed by atoms with Gasteiger partial charge >= 0.3 is 0 Å². The van der Waals surface area contributed by atoms with E-state index in [1.165, 1.54) is 22.9 Å². The lowest BCUT2D eigenvalue weighted by atomic mass is 9.68. The third-order valence-electron chi connectivity index (χ3n) is 7.25. The molecule has 0 unspecified atom stereocenters. The Morgan fingerprint density at radius 2 is 1.86 bits per heavy atom. The summed E-state index contributed by atoms with van der Waals surface area (Å²) in [5.41, 5.74) is 5.09. The van der Waals surface area contributed by atoms with Gasteiger partial charge in [-0.05, 0) is 36.8 Å². The van der Waals surface area contributed by atoms with Crippen LogP contribution < -0.4 is 10.9 Å². The predicted octanol–water partition coefficient (Wildman–Crippen LogP) is 4.92. The van der Waals surface area contributed by atoms with Gasteiger partial charge in [-0.25, -0.2) is 4.98 Å². The highest BCUT2D eigenvalue weighted by molar-refractivity contribution is 7.99. The van der Waals surface area contributed by atoms with Crippen molar-refractivity contribution in [1.82, 2.24) is 14.9 Å². The summed E-state index contributed by atoms with van der Waals surface area (Å²) in [5, 5.41) is 3.57. The molecule has 0 bridgehead atoms. The first-order chi connectivity index (χ1) is 17.1. The lowest BCUT2D eigenvalue weighted by molar-refractivity contribution is -0.118. The van der Waals surface area contributed by atoms with Crippen LogP contribution >= 0.6 is 11.8 Å². The fourth-order valence-electron chi connectivity index (χ4n) is 5.62. The van der Waals surface area contributed by atoms with Gasteiger partial charge in [-0.15, -0.1) is 6.58 Å². The molecular formula is C29H31N3O2S. The highest BCUT2D eigenvalue weighted by Crippen LogP contribution is 2.49. The predicted molar refractivity (Wildman–Crippen MR) is 142 cm³/mol. The van der Waals surface area contributed by atoms with Crippen LogP contribution in [0.3, 0.4) is 0 Å². The van der Waals surface area contributed by atoms with E-state index >= 15 is 0 Å². The van der Waals surface area contributed by atoms with Crippen molar-refractivity contribution in [1.29, 1.82) is 0 Å². The Morgan fingerprint density at radius 3 is 2.63 bits per heavy atom. The number of thioether (sulfide) groups is 1. The topological polar surface area (TPSA) is 64.0 Å². The number of benzene rings is 2. The van der Waals surface area contributed by atoms with Gasteiger partial charge in [0.2, 0.25) is 5.91 Å². The monoisotopic (exact) mass is 485 g/mol. The van der Waals surface area contributed by atoms with Crippen molar-refractivity contribution in [2.45, 2.75) is 55.6 Å². The molecule has 1 amide bonds. The van der Waals surface area contributed by atoms with E-state index in [1.807, 2.05) is 24.3 Å². The molecule has 35 heavy (non-hydrogen) atoms. The van der Waals surface area contributed by atoms with Crippen molar-refractivity contribution in [3.8, 4) is 11.3 Å². The van der Waals surface area contributed by atoms with Crippen LogP contribution in [0.5, 0.6) is 0 Å². The van der Waals surface area contributed by atoms with Gasteiger partial charge in [0, 0.05) is 24.1 Å². The fraction of sp³-hybridized carbons (Fsp3) is 0.345. The molecule has 0 aliphatic heterocycles. The molecule has 1 aromatic heterocycles. The van der Waals surface area contributed by atoms with Gasteiger partial charge < -0.3 is 5.32 Å². The number of fused-ring (bicyclic) bond motifs is 4. The van der Waals surface area contributed by atoms with Crippen LogP contribution in [0.4, 0.5) is 0 Å². The van der Waals surface area contributed by atoms with Gasteiger partial charge in [-0.2, -0.15) is 0 Å². The maximum Gasteiger partial charge on any atom is 0.258 e. The van der Waals surface area contributed by atoms with Gasteiger partial charge in [0.1, 0.15) is 0 Å². The fourth-order valence-corrected chi connectivity index (χ4v) is 6.45. The zero-order valence-electron chi connectivity index (χ0n) is 20.0. The van der Waals surface area contributed by atoms with Crippen LogP contribution in [0, 0.1) is 0 Å². The molecule has 1 saturated carbocycles. The van der Waals surface area contributed by atoms with Crippen molar-refractivity contribution < 1.29 is 4.79 Å². The molecule has 0 radical (unpaired) electrons. The number of nitrogens with zero attached hydrogens (tertiary/aromatic N) is 2. The number of aromatic nitrogens is 2. The van der Waals surface area contributed by atoms with Gasteiger partial charge in [0.05, 0.1) is 17.0 Å². The number of carbonyl (C=O) groups excluding carboxylic acids is 1. The Bertz CT molecular complexity index is 1290. The largest absolute Gasteiger partial charge is 0.355 e. The first-order valence-electron chi connectivity index (χ1n) is 12.4. The van der Waals surface area contributed by atoms with Gasteiger partial charge in [0.15, 0.2) is 5.16 Å². The molecule has 6 heteroatoms. The number of carbonyl (C=O) groups is 1. The first kappa shape index (κ1) is 23.6. The van der Waals surface area contributed by atoms with E-state index in [-0.39, 0.29) is 22.6 Å². The molecule has 5 nitrogen and oxygen atoms in total. The minimum atomic E-state index is -0.130. The van der Waals surface area contributed by atoms with Gasteiger partial charge in [0.25, 0.3) is 5.56 Å². The number of nitrogens with one attached hydrogen (secondary N) is 1. The molecule has 1 fully saturated rings. The molecule has 2 aliphatic rings. The number of hydrogen-bond acceptors (Lipinski definition) is 4. The minimum Gasteiger partial charge on any atom is -0.355 e. The van der Waals surface area contributed by atoms with E-state index in [9.17, 15) is 9.59 Å². The van der Waals surface area contributed by atoms with Crippen molar-refractivity contribution in [2.24, 2.45) is 0 Å². The number of hydrogen-bond donors (Lipinski definition) is 1. The third-order valence-corrected chi connectivity index (χ3v) is 8.23. The summed E-state index contributed by atoms with van der Waals surface area (Å²) in [7, 11) is 0. The second-order valence-corrected chi connectivity index (χ2v) is 10.5. The van der Waals surface area contributed by atoms with Crippen LogP contribution in [-0.4, -0.2) is 27.8 Å². The van der Waals surface area contributed by atoms with Crippen LogP contribution in [0.2, 0.25) is 0 Å². The van der Waals surface area contributed by atoms with E-state index in [0.29, 0.717) is 18.2 Å². The molecule has 1 spiro atoms. The standard InChI is InChI=1S/C29H31N3O2S/c1-2-18-32-27(34)25-26(23-13-7-6-12-22(23)19-29(25)15-8-9-16-29)31-28(32)35-20-24(33)30-17-14-21-10-4-3-5-11-21/h2-7,10-13H,1,8-9,14-20H2,(H,30,33). The second kappa shape index (κ2) is 10.2. The summed E-state index contributed by atoms with van der Waals surface area (Å²) >= 11 is 1.33. The summed E-state index contributed by atoms with van der Waals surface area (Å²) in [4.78, 5) is 31.6. The number of allylic oxidation sites excluding steroid dienone is 1. The van der Waals surface area contributed by atoms with Crippen LogP contribution in [0.15, 0.2) is 77.2 Å². The van der Waals surface area contributed by atoms with E-state index in [1.54, 1.807) is 10.6 Å². The number of rotatable bonds is 8. The van der Waals surface area contributed by atoms with Crippen LogP contribution in [-0.2, 0) is 29.6 Å². The quantitative estimate of drug-likeness (QED) is 0.280. The van der Waals surface area contributed by atoms with E-state index in [2.05, 4.69) is 42.2 Å². The van der Waals surface area contributed by atoms with Crippen molar-refractivity contribution in [2.75, 3.05) is 12.3 Å². The Balaban J connectivity index is 1.42. The number of amides is 1. The minimum absolute atomic E-state index is 0.0262.